The van der Waals surface area contributed by atoms with Crippen molar-refractivity contribution in [1.82, 2.24) is 5.32 Å². The van der Waals surface area contributed by atoms with Crippen molar-refractivity contribution >= 4 is 21.8 Å². The molecule has 6 heteroatoms. The lowest BCUT2D eigenvalue weighted by Gasteiger charge is -2.13. The first-order valence-electron chi connectivity index (χ1n) is 8.48. The monoisotopic (exact) mass is 421 g/mol. The van der Waals surface area contributed by atoms with Gasteiger partial charge in [-0.25, -0.2) is 0 Å². The Morgan fingerprint density at radius 1 is 1.08 bits per heavy atom. The zero-order chi connectivity index (χ0) is 18.9. The number of rotatable bonds is 9. The number of halogens is 1. The maximum atomic E-state index is 12.0. The van der Waals surface area contributed by atoms with Gasteiger partial charge in [-0.1, -0.05) is 28.9 Å². The molecule has 0 atom stereocenters. The zero-order valence-electron chi connectivity index (χ0n) is 15.3. The van der Waals surface area contributed by atoms with Crippen molar-refractivity contribution in [3.63, 3.8) is 0 Å². The number of amides is 1. The number of aryl methyl sites for hydroxylation is 1. The standard InChI is InChI=1S/C20H24BrNO4/c1-4-9-25-18-7-5-15(11-19(18)24-3)12-22-20(23)13-26-17-8-6-16(21)10-14(17)2/h5-8,10-11H,4,9,12-13H2,1-3H3,(H,22,23). The minimum absolute atomic E-state index is 0.0305. The summed E-state index contributed by atoms with van der Waals surface area (Å²) in [7, 11) is 1.60. The molecule has 0 aliphatic heterocycles. The van der Waals surface area contributed by atoms with E-state index in [1.54, 1.807) is 7.11 Å². The fourth-order valence-electron chi connectivity index (χ4n) is 2.32. The Bertz CT molecular complexity index is 749. The van der Waals surface area contributed by atoms with Crippen LogP contribution in [0.25, 0.3) is 0 Å². The molecule has 0 saturated carbocycles. The summed E-state index contributed by atoms with van der Waals surface area (Å²) >= 11 is 3.40. The van der Waals surface area contributed by atoms with E-state index in [9.17, 15) is 4.79 Å². The van der Waals surface area contributed by atoms with Crippen LogP contribution in [0.15, 0.2) is 40.9 Å². The predicted octanol–water partition coefficient (Wildman–Crippen LogP) is 4.25. The first-order valence-corrected chi connectivity index (χ1v) is 9.28. The van der Waals surface area contributed by atoms with Crippen molar-refractivity contribution in [1.29, 1.82) is 0 Å². The van der Waals surface area contributed by atoms with E-state index < -0.39 is 0 Å². The largest absolute Gasteiger partial charge is 0.493 e. The van der Waals surface area contributed by atoms with Crippen LogP contribution in [0.5, 0.6) is 17.2 Å². The Morgan fingerprint density at radius 3 is 2.54 bits per heavy atom. The minimum atomic E-state index is -0.183. The van der Waals surface area contributed by atoms with Gasteiger partial charge in [-0.3, -0.25) is 4.79 Å². The van der Waals surface area contributed by atoms with E-state index in [-0.39, 0.29) is 12.5 Å². The topological polar surface area (TPSA) is 56.8 Å². The van der Waals surface area contributed by atoms with Gasteiger partial charge in [0.05, 0.1) is 13.7 Å². The number of hydrogen-bond donors (Lipinski definition) is 1. The third-order valence-electron chi connectivity index (χ3n) is 3.68. The van der Waals surface area contributed by atoms with Gasteiger partial charge in [0.25, 0.3) is 5.91 Å². The molecular formula is C20H24BrNO4. The summed E-state index contributed by atoms with van der Waals surface area (Å²) in [6.45, 7) is 4.99. The number of carbonyl (C=O) groups is 1. The molecule has 2 aromatic rings. The minimum Gasteiger partial charge on any atom is -0.493 e. The molecule has 2 rings (SSSR count). The van der Waals surface area contributed by atoms with Crippen LogP contribution in [-0.2, 0) is 11.3 Å². The van der Waals surface area contributed by atoms with Crippen molar-refractivity contribution in [2.45, 2.75) is 26.8 Å². The number of ether oxygens (including phenoxy) is 3. The number of methoxy groups -OCH3 is 1. The van der Waals surface area contributed by atoms with E-state index >= 15 is 0 Å². The van der Waals surface area contributed by atoms with Gasteiger partial charge in [-0.05, 0) is 54.8 Å². The third kappa shape index (κ3) is 5.95. The lowest BCUT2D eigenvalue weighted by molar-refractivity contribution is -0.123. The molecule has 0 heterocycles. The second kappa shape index (κ2) is 10.1. The SMILES string of the molecule is CCCOc1ccc(CNC(=O)COc2ccc(Br)cc2C)cc1OC. The fourth-order valence-corrected chi connectivity index (χ4v) is 2.80. The molecule has 140 valence electrons. The van der Waals surface area contributed by atoms with E-state index in [0.717, 1.165) is 22.0 Å². The van der Waals surface area contributed by atoms with Crippen LogP contribution in [0.1, 0.15) is 24.5 Å². The number of benzene rings is 2. The van der Waals surface area contributed by atoms with Crippen LogP contribution in [0.4, 0.5) is 0 Å². The van der Waals surface area contributed by atoms with Crippen LogP contribution in [0.2, 0.25) is 0 Å². The van der Waals surface area contributed by atoms with Gasteiger partial charge in [0.15, 0.2) is 18.1 Å². The first kappa shape index (κ1) is 20.1. The van der Waals surface area contributed by atoms with Gasteiger partial charge >= 0.3 is 0 Å². The molecule has 0 fully saturated rings. The Hall–Kier alpha value is -2.21. The van der Waals surface area contributed by atoms with Crippen LogP contribution in [0, 0.1) is 6.92 Å². The van der Waals surface area contributed by atoms with Gasteiger partial charge in [-0.2, -0.15) is 0 Å². The summed E-state index contributed by atoms with van der Waals surface area (Å²) in [4.78, 5) is 12.0. The predicted molar refractivity (Wildman–Crippen MR) is 105 cm³/mol. The summed E-state index contributed by atoms with van der Waals surface area (Å²) in [5, 5.41) is 2.84. The molecule has 0 aromatic heterocycles. The summed E-state index contributed by atoms with van der Waals surface area (Å²) in [5.41, 5.74) is 1.90. The molecular weight excluding hydrogens is 398 g/mol. The van der Waals surface area contributed by atoms with Crippen LogP contribution in [-0.4, -0.2) is 26.2 Å². The molecule has 0 radical (unpaired) electrons. The van der Waals surface area contributed by atoms with Gasteiger partial charge in [0, 0.05) is 11.0 Å². The van der Waals surface area contributed by atoms with Gasteiger partial charge in [0.2, 0.25) is 0 Å². The Balaban J connectivity index is 1.86. The van der Waals surface area contributed by atoms with Crippen molar-refractivity contribution in [3.8, 4) is 17.2 Å². The highest BCUT2D eigenvalue weighted by Gasteiger charge is 2.08. The summed E-state index contributed by atoms with van der Waals surface area (Å²) in [6.07, 6.45) is 0.929. The molecule has 26 heavy (non-hydrogen) atoms. The van der Waals surface area contributed by atoms with Crippen molar-refractivity contribution in [2.75, 3.05) is 20.3 Å². The van der Waals surface area contributed by atoms with Crippen molar-refractivity contribution in [3.05, 3.63) is 52.0 Å². The van der Waals surface area contributed by atoms with E-state index in [2.05, 4.69) is 21.2 Å². The average molecular weight is 422 g/mol. The van der Waals surface area contributed by atoms with Gasteiger partial charge in [0.1, 0.15) is 5.75 Å². The Labute approximate surface area is 162 Å². The first-order chi connectivity index (χ1) is 12.5. The van der Waals surface area contributed by atoms with Crippen LogP contribution < -0.4 is 19.5 Å². The second-order valence-electron chi connectivity index (χ2n) is 5.81. The number of hydrogen-bond acceptors (Lipinski definition) is 4. The molecule has 0 spiro atoms. The molecule has 0 unspecified atom stereocenters. The van der Waals surface area contributed by atoms with Crippen molar-refractivity contribution in [2.24, 2.45) is 0 Å². The number of nitrogens with one attached hydrogen (secondary N) is 1. The smallest absolute Gasteiger partial charge is 0.258 e. The lowest BCUT2D eigenvalue weighted by atomic mass is 10.2. The van der Waals surface area contributed by atoms with E-state index in [1.807, 2.05) is 50.2 Å². The quantitative estimate of drug-likeness (QED) is 0.657. The maximum Gasteiger partial charge on any atom is 0.258 e. The molecule has 2 aromatic carbocycles. The number of carbonyl (C=O) groups excluding carboxylic acids is 1. The third-order valence-corrected chi connectivity index (χ3v) is 4.17. The molecule has 0 aliphatic rings. The molecule has 5 nitrogen and oxygen atoms in total. The summed E-state index contributed by atoms with van der Waals surface area (Å²) in [5.74, 6) is 1.88. The Kier molecular flexibility index (Phi) is 7.78. The summed E-state index contributed by atoms with van der Waals surface area (Å²) in [6, 6.07) is 11.3. The van der Waals surface area contributed by atoms with E-state index in [1.165, 1.54) is 0 Å². The molecule has 1 N–H and O–H groups in total. The Morgan fingerprint density at radius 2 is 1.85 bits per heavy atom. The van der Waals surface area contributed by atoms with Crippen LogP contribution in [0.3, 0.4) is 0 Å². The van der Waals surface area contributed by atoms with Crippen molar-refractivity contribution < 1.29 is 19.0 Å². The lowest BCUT2D eigenvalue weighted by Crippen LogP contribution is -2.28. The average Bonchev–Trinajstić information content (AvgIpc) is 2.64. The highest BCUT2D eigenvalue weighted by molar-refractivity contribution is 9.10. The molecule has 0 bridgehead atoms. The van der Waals surface area contributed by atoms with Crippen LogP contribution >= 0.6 is 15.9 Å². The summed E-state index contributed by atoms with van der Waals surface area (Å²) < 4.78 is 17.5. The molecule has 1 amide bonds. The van der Waals surface area contributed by atoms with Gasteiger partial charge < -0.3 is 19.5 Å². The van der Waals surface area contributed by atoms with E-state index in [0.29, 0.717) is 30.4 Å². The van der Waals surface area contributed by atoms with Gasteiger partial charge in [-0.15, -0.1) is 0 Å². The van der Waals surface area contributed by atoms with E-state index in [4.69, 9.17) is 14.2 Å². The highest BCUT2D eigenvalue weighted by atomic mass is 79.9. The fraction of sp³-hybridized carbons (Fsp3) is 0.350. The second-order valence-corrected chi connectivity index (χ2v) is 6.72. The zero-order valence-corrected chi connectivity index (χ0v) is 16.9. The normalized spacial score (nSPS) is 10.3. The highest BCUT2D eigenvalue weighted by Crippen LogP contribution is 2.28. The maximum absolute atomic E-state index is 12.0. The molecule has 0 saturated heterocycles. The molecule has 0 aliphatic carbocycles.